The number of hydrogen-bond acceptors (Lipinski definition) is 4. The van der Waals surface area contributed by atoms with Crippen LogP contribution in [0, 0.1) is 19.8 Å². The number of pyridine rings is 2. The normalized spacial score (nSPS) is 11.2. The van der Waals surface area contributed by atoms with Gasteiger partial charge in [0.15, 0.2) is 0 Å². The van der Waals surface area contributed by atoms with Crippen LogP contribution in [0.2, 0.25) is 0 Å². The molecular weight excluding hydrogens is 334 g/mol. The predicted molar refractivity (Wildman–Crippen MR) is 111 cm³/mol. The van der Waals surface area contributed by atoms with Crippen LogP contribution in [0.15, 0.2) is 36.7 Å². The molecule has 3 heterocycles. The molecule has 0 spiro atoms. The number of rotatable bonds is 7. The van der Waals surface area contributed by atoms with Crippen molar-refractivity contribution < 1.29 is 0 Å². The van der Waals surface area contributed by atoms with E-state index in [0.29, 0.717) is 5.92 Å². The van der Waals surface area contributed by atoms with Gasteiger partial charge in [-0.15, -0.1) is 0 Å². The summed E-state index contributed by atoms with van der Waals surface area (Å²) in [4.78, 5) is 9.02. The van der Waals surface area contributed by atoms with Gasteiger partial charge in [0.05, 0.1) is 11.4 Å². The predicted octanol–water partition coefficient (Wildman–Crippen LogP) is 4.97. The molecule has 0 aliphatic rings. The van der Waals surface area contributed by atoms with Crippen LogP contribution in [0.3, 0.4) is 0 Å². The Kier molecular flexibility index (Phi) is 5.89. The second kappa shape index (κ2) is 8.33. The zero-order valence-corrected chi connectivity index (χ0v) is 17.0. The SMILES string of the molecule is CCCc1cc(-n2nc(C)c(-c3ccc(NCC(C)C)nc3)c2C)ccn1. The van der Waals surface area contributed by atoms with Crippen LogP contribution in [-0.4, -0.2) is 26.3 Å². The first-order valence-electron chi connectivity index (χ1n) is 9.71. The fraction of sp³-hybridized carbons (Fsp3) is 0.409. The van der Waals surface area contributed by atoms with Crippen LogP contribution in [0.25, 0.3) is 16.8 Å². The largest absolute Gasteiger partial charge is 0.370 e. The molecule has 5 heteroatoms. The summed E-state index contributed by atoms with van der Waals surface area (Å²) in [6, 6.07) is 8.30. The fourth-order valence-corrected chi connectivity index (χ4v) is 3.26. The summed E-state index contributed by atoms with van der Waals surface area (Å²) in [5.74, 6) is 1.50. The maximum atomic E-state index is 4.79. The van der Waals surface area contributed by atoms with E-state index >= 15 is 0 Å². The van der Waals surface area contributed by atoms with Gasteiger partial charge in [0.1, 0.15) is 5.82 Å². The highest BCUT2D eigenvalue weighted by Crippen LogP contribution is 2.29. The lowest BCUT2D eigenvalue weighted by atomic mass is 10.1. The minimum atomic E-state index is 0.590. The van der Waals surface area contributed by atoms with Gasteiger partial charge in [-0.05, 0) is 50.5 Å². The van der Waals surface area contributed by atoms with Crippen molar-refractivity contribution >= 4 is 5.82 Å². The topological polar surface area (TPSA) is 55.6 Å². The molecule has 0 unspecified atom stereocenters. The smallest absolute Gasteiger partial charge is 0.125 e. The Hall–Kier alpha value is -2.69. The summed E-state index contributed by atoms with van der Waals surface area (Å²) in [5, 5.41) is 8.15. The zero-order chi connectivity index (χ0) is 19.4. The van der Waals surface area contributed by atoms with E-state index in [1.54, 1.807) is 0 Å². The van der Waals surface area contributed by atoms with Crippen LogP contribution in [0.5, 0.6) is 0 Å². The van der Waals surface area contributed by atoms with Crippen molar-refractivity contribution in [2.45, 2.75) is 47.5 Å². The highest BCUT2D eigenvalue weighted by Gasteiger charge is 2.15. The minimum absolute atomic E-state index is 0.590. The zero-order valence-electron chi connectivity index (χ0n) is 17.0. The van der Waals surface area contributed by atoms with Gasteiger partial charge < -0.3 is 5.32 Å². The van der Waals surface area contributed by atoms with Gasteiger partial charge in [0, 0.05) is 41.5 Å². The van der Waals surface area contributed by atoms with Crippen LogP contribution in [-0.2, 0) is 6.42 Å². The number of hydrogen-bond donors (Lipinski definition) is 1. The molecule has 142 valence electrons. The third-order valence-corrected chi connectivity index (χ3v) is 4.59. The molecule has 0 aromatic carbocycles. The lowest BCUT2D eigenvalue weighted by Gasteiger charge is -2.09. The average molecular weight is 364 g/mol. The summed E-state index contributed by atoms with van der Waals surface area (Å²) in [6.07, 6.45) is 5.86. The van der Waals surface area contributed by atoms with Gasteiger partial charge in [0.25, 0.3) is 0 Å². The van der Waals surface area contributed by atoms with Crippen LogP contribution < -0.4 is 5.32 Å². The van der Waals surface area contributed by atoms with Gasteiger partial charge in [-0.3, -0.25) is 4.98 Å². The molecule has 3 rings (SSSR count). The highest BCUT2D eigenvalue weighted by molar-refractivity contribution is 5.69. The molecule has 0 radical (unpaired) electrons. The molecule has 3 aromatic heterocycles. The molecule has 0 aliphatic carbocycles. The summed E-state index contributed by atoms with van der Waals surface area (Å²) >= 11 is 0. The standard InChI is InChI=1S/C22H29N5/c1-6-7-19-12-20(10-11-23-19)27-17(5)22(16(4)26-27)18-8-9-21(25-14-18)24-13-15(2)3/h8-12,14-15H,6-7,13H2,1-5H3,(H,24,25). The molecule has 5 nitrogen and oxygen atoms in total. The van der Waals surface area contributed by atoms with Crippen molar-refractivity contribution in [1.82, 2.24) is 19.7 Å². The van der Waals surface area contributed by atoms with E-state index in [0.717, 1.165) is 59.1 Å². The quantitative estimate of drug-likeness (QED) is 0.644. The third-order valence-electron chi connectivity index (χ3n) is 4.59. The van der Waals surface area contributed by atoms with E-state index in [2.05, 4.69) is 62.0 Å². The Morgan fingerprint density at radius 1 is 1.11 bits per heavy atom. The van der Waals surface area contributed by atoms with Gasteiger partial charge in [-0.25, -0.2) is 9.67 Å². The van der Waals surface area contributed by atoms with E-state index in [9.17, 15) is 0 Å². The van der Waals surface area contributed by atoms with E-state index in [1.165, 1.54) is 0 Å². The Balaban J connectivity index is 1.91. The van der Waals surface area contributed by atoms with E-state index in [1.807, 2.05) is 29.2 Å². The molecule has 0 saturated carbocycles. The monoisotopic (exact) mass is 363 g/mol. The van der Waals surface area contributed by atoms with Gasteiger partial charge in [0.2, 0.25) is 0 Å². The van der Waals surface area contributed by atoms with Gasteiger partial charge in [-0.1, -0.05) is 27.2 Å². The highest BCUT2D eigenvalue weighted by atomic mass is 15.3. The molecule has 0 fully saturated rings. The molecule has 0 atom stereocenters. The molecule has 1 N–H and O–H groups in total. The first-order chi connectivity index (χ1) is 13.0. The molecular formula is C22H29N5. The average Bonchev–Trinajstić information content (AvgIpc) is 2.95. The second-order valence-corrected chi connectivity index (χ2v) is 7.42. The lowest BCUT2D eigenvalue weighted by Crippen LogP contribution is -2.08. The van der Waals surface area contributed by atoms with Crippen molar-refractivity contribution in [1.29, 1.82) is 0 Å². The number of aryl methyl sites for hydroxylation is 2. The van der Waals surface area contributed by atoms with Crippen LogP contribution in [0.4, 0.5) is 5.82 Å². The molecule has 0 amide bonds. The van der Waals surface area contributed by atoms with Crippen molar-refractivity contribution in [2.75, 3.05) is 11.9 Å². The van der Waals surface area contributed by atoms with Crippen molar-refractivity contribution in [3.8, 4) is 16.8 Å². The fourth-order valence-electron chi connectivity index (χ4n) is 3.26. The van der Waals surface area contributed by atoms with Crippen molar-refractivity contribution in [3.63, 3.8) is 0 Å². The van der Waals surface area contributed by atoms with Gasteiger partial charge in [-0.2, -0.15) is 5.10 Å². The Labute approximate surface area is 161 Å². The number of nitrogens with one attached hydrogen (secondary N) is 1. The summed E-state index contributed by atoms with van der Waals surface area (Å²) < 4.78 is 2.01. The summed E-state index contributed by atoms with van der Waals surface area (Å²) in [7, 11) is 0. The number of aromatic nitrogens is 4. The maximum absolute atomic E-state index is 4.79. The van der Waals surface area contributed by atoms with Crippen LogP contribution in [0.1, 0.15) is 44.3 Å². The van der Waals surface area contributed by atoms with E-state index in [-0.39, 0.29) is 0 Å². The third kappa shape index (κ3) is 4.35. The summed E-state index contributed by atoms with van der Waals surface area (Å²) in [5.41, 5.74) is 6.52. The number of nitrogens with zero attached hydrogens (tertiary/aromatic N) is 4. The first-order valence-corrected chi connectivity index (χ1v) is 9.71. The molecule has 0 saturated heterocycles. The number of anilines is 1. The molecule has 0 bridgehead atoms. The minimum Gasteiger partial charge on any atom is -0.370 e. The van der Waals surface area contributed by atoms with E-state index < -0.39 is 0 Å². The van der Waals surface area contributed by atoms with Crippen molar-refractivity contribution in [2.24, 2.45) is 5.92 Å². The Morgan fingerprint density at radius 2 is 1.93 bits per heavy atom. The molecule has 27 heavy (non-hydrogen) atoms. The Bertz CT molecular complexity index is 894. The Morgan fingerprint density at radius 3 is 2.59 bits per heavy atom. The lowest BCUT2D eigenvalue weighted by molar-refractivity contribution is 0.687. The van der Waals surface area contributed by atoms with Gasteiger partial charge >= 0.3 is 0 Å². The van der Waals surface area contributed by atoms with E-state index in [4.69, 9.17) is 5.10 Å². The maximum Gasteiger partial charge on any atom is 0.125 e. The first kappa shape index (κ1) is 19.1. The van der Waals surface area contributed by atoms with Crippen LogP contribution >= 0.6 is 0 Å². The van der Waals surface area contributed by atoms with Crippen molar-refractivity contribution in [3.05, 3.63) is 53.7 Å². The second-order valence-electron chi connectivity index (χ2n) is 7.42. The summed E-state index contributed by atoms with van der Waals surface area (Å²) in [6.45, 7) is 11.6. The molecule has 3 aromatic rings. The molecule has 0 aliphatic heterocycles.